The Morgan fingerprint density at radius 3 is 0.987 bits per heavy atom. The first-order valence-electron chi connectivity index (χ1n) is 23.2. The molecule has 22 nitrogen and oxygen atoms in total. The Morgan fingerprint density at radius 1 is 0.481 bits per heavy atom. The highest BCUT2D eigenvalue weighted by Crippen LogP contribution is 2.22. The van der Waals surface area contributed by atoms with Gasteiger partial charge in [-0.1, -0.05) is 102 Å². The molecule has 0 aliphatic heterocycles. The number of amides is 3. The van der Waals surface area contributed by atoms with Crippen LogP contribution in [0.4, 0.5) is 24.0 Å². The van der Waals surface area contributed by atoms with Crippen LogP contribution in [0.5, 0.6) is 0 Å². The van der Waals surface area contributed by atoms with E-state index in [1.807, 2.05) is 41.5 Å². The van der Waals surface area contributed by atoms with Crippen molar-refractivity contribution in [2.24, 2.45) is 5.73 Å². The average Bonchev–Trinajstić information content (AvgIpc) is 3.20. The lowest BCUT2D eigenvalue weighted by Gasteiger charge is -2.20. The molecule has 3 amide bonds. The van der Waals surface area contributed by atoms with Gasteiger partial charge >= 0.3 is 30.6 Å². The number of aliphatic hydroxyl groups excluding tert-OH is 2. The third-order valence-electron chi connectivity index (χ3n) is 5.01. The molecule has 0 heterocycles. The van der Waals surface area contributed by atoms with Crippen molar-refractivity contribution in [2.75, 3.05) is 110 Å². The molecule has 34 heteroatoms. The summed E-state index contributed by atoms with van der Waals surface area (Å²) < 4.78 is 73.7. The number of halogens is 2. The van der Waals surface area contributed by atoms with Crippen molar-refractivity contribution in [3.8, 4) is 0 Å². The fourth-order valence-electron chi connectivity index (χ4n) is 2.98. The minimum Gasteiger partial charge on any atom is -0.444 e. The van der Waals surface area contributed by atoms with E-state index in [0.717, 1.165) is 58.9 Å². The number of nitrogens with one attached hydrogen (secondary N) is 3. The smallest absolute Gasteiger partial charge is 0.444 e. The zero-order chi connectivity index (χ0) is 61.4. The highest BCUT2D eigenvalue weighted by atomic mass is 79.9. The zero-order valence-electron chi connectivity index (χ0n) is 47.7. The second kappa shape index (κ2) is 51.5. The number of alkyl carbamates (subject to hydrolysis) is 3. The first kappa shape index (κ1) is 88.1. The van der Waals surface area contributed by atoms with E-state index in [4.69, 9.17) is 39.6 Å². The standard InChI is InChI=1S/C10H21NO5S3.C10H18O5.C9H18BrNO2S2.C9H19NO3S2.C4H11NOS2.CH3ClO2S/c1-10(2,3)16-9(12)11-5-7-17-18-8-6-15-19(4,13)14;1-9(2,3)14-7(11)13-8(12)15-10(4,5)6;1-9(2,3)13-8(12)11-5-7-15-14-6-4-10;1-9(2,3)13-8(12)10-4-6-14-15-7-5-11;5-1-3-7-8-4-2-6;1-5(2,3)4/h5-8H2,1-4H3,(H,11,12);1-6H3;4-7H2,1-3H3,(H,11,12);11H,4-7H2,1-3H3,(H,10,12);6H,1-5H2;1H3. The summed E-state index contributed by atoms with van der Waals surface area (Å²) in [5, 5.41) is 25.8. The predicted molar refractivity (Wildman–Crippen MR) is 334 cm³/mol. The van der Waals surface area contributed by atoms with Crippen LogP contribution in [0.15, 0.2) is 0 Å². The molecule has 0 fully saturated rings. The molecule has 0 aromatic heterocycles. The molecule has 7 N–H and O–H groups in total. The van der Waals surface area contributed by atoms with E-state index >= 15 is 0 Å². The minimum absolute atomic E-state index is 0.163. The molecule has 0 saturated carbocycles. The summed E-state index contributed by atoms with van der Waals surface area (Å²) in [7, 11) is 11.1. The van der Waals surface area contributed by atoms with Crippen molar-refractivity contribution in [2.45, 2.75) is 132 Å². The van der Waals surface area contributed by atoms with Gasteiger partial charge in [-0.05, 0) is 104 Å². The monoisotopic (exact) mass is 1380 g/mol. The summed E-state index contributed by atoms with van der Waals surface area (Å²) >= 11 is 3.35. The van der Waals surface area contributed by atoms with Gasteiger partial charge in [-0.15, -0.1) is 0 Å². The van der Waals surface area contributed by atoms with Crippen LogP contribution in [0.1, 0.15) is 104 Å². The normalized spacial score (nSPS) is 11.5. The minimum atomic E-state index is -3.35. The Kier molecular flexibility index (Phi) is 58.9. The Hall–Kier alpha value is -0.140. The SMILES string of the molecule is CC(C)(C)OC(=O)NCCSSCCBr.CC(C)(C)OC(=O)NCCSSCCO.CC(C)(C)OC(=O)NCCSSCCOS(C)(=O)=O.CC(C)(C)OC(=O)OC(=O)OC(C)(C)C.CS(=O)(=O)Cl.NCCSSCCO. The molecule has 0 atom stereocenters. The molecule has 0 unspecified atom stereocenters. The lowest BCUT2D eigenvalue weighted by Crippen LogP contribution is -2.33. The quantitative estimate of drug-likeness (QED) is 0.00723. The number of hydrogen-bond acceptors (Lipinski definition) is 27. The molecule has 0 aromatic rings. The average molecular weight is 1390 g/mol. The third-order valence-corrected chi connectivity index (χ3v) is 16.1. The largest absolute Gasteiger partial charge is 0.519 e. The maximum absolute atomic E-state index is 11.3. The van der Waals surface area contributed by atoms with Crippen molar-refractivity contribution in [1.29, 1.82) is 0 Å². The van der Waals surface area contributed by atoms with Crippen LogP contribution in [-0.4, -0.2) is 196 Å². The number of ether oxygens (including phenoxy) is 6. The Morgan fingerprint density at radius 2 is 0.740 bits per heavy atom. The topological polar surface area (TPSA) is 321 Å². The Bertz CT molecular complexity index is 1660. The van der Waals surface area contributed by atoms with Gasteiger partial charge in [0.2, 0.25) is 9.05 Å². The van der Waals surface area contributed by atoms with E-state index in [1.54, 1.807) is 127 Å². The highest BCUT2D eigenvalue weighted by molar-refractivity contribution is 9.09. The maximum Gasteiger partial charge on any atom is 0.519 e. The van der Waals surface area contributed by atoms with Crippen LogP contribution in [-0.2, 0) is 51.8 Å². The van der Waals surface area contributed by atoms with Crippen LogP contribution in [0.3, 0.4) is 0 Å². The van der Waals surface area contributed by atoms with Crippen LogP contribution < -0.4 is 21.7 Å². The van der Waals surface area contributed by atoms with Crippen molar-refractivity contribution in [3.63, 3.8) is 0 Å². The van der Waals surface area contributed by atoms with Gasteiger partial charge in [0.05, 0.1) is 32.3 Å². The summed E-state index contributed by atoms with van der Waals surface area (Å²) in [6.45, 7) is 29.6. The first-order valence-corrected chi connectivity index (χ1v) is 38.8. The molecule has 0 spiro atoms. The molecule has 0 radical (unpaired) electrons. The second-order valence-electron chi connectivity index (χ2n) is 19.0. The van der Waals surface area contributed by atoms with Gasteiger partial charge in [0.15, 0.2) is 0 Å². The molecule has 464 valence electrons. The predicted octanol–water partition coefficient (Wildman–Crippen LogP) is 10.4. The van der Waals surface area contributed by atoms with Crippen LogP contribution in [0, 0.1) is 0 Å². The van der Waals surface area contributed by atoms with Crippen molar-refractivity contribution in [1.82, 2.24) is 16.0 Å². The van der Waals surface area contributed by atoms with Crippen molar-refractivity contribution >= 4 is 163 Å². The summed E-state index contributed by atoms with van der Waals surface area (Å²) in [5.41, 5.74) is 2.48. The van der Waals surface area contributed by atoms with E-state index in [0.29, 0.717) is 31.1 Å². The zero-order valence-corrected chi connectivity index (χ0v) is 58.2. The number of aliphatic hydroxyl groups is 2. The van der Waals surface area contributed by atoms with E-state index in [1.165, 1.54) is 21.6 Å². The molecule has 0 bridgehead atoms. The van der Waals surface area contributed by atoms with E-state index in [2.05, 4.69) is 51.5 Å². The van der Waals surface area contributed by atoms with Gasteiger partial charge in [-0.2, -0.15) is 8.42 Å². The summed E-state index contributed by atoms with van der Waals surface area (Å²) in [6, 6.07) is 0. The lowest BCUT2D eigenvalue weighted by atomic mass is 10.2. The maximum atomic E-state index is 11.3. The van der Waals surface area contributed by atoms with Crippen LogP contribution in [0.25, 0.3) is 0 Å². The Balaban J connectivity index is -0.000000203. The third kappa shape index (κ3) is 108. The van der Waals surface area contributed by atoms with Gasteiger partial charge in [-0.3, -0.25) is 4.18 Å². The van der Waals surface area contributed by atoms with E-state index in [9.17, 15) is 40.8 Å². The fourth-order valence-corrected chi connectivity index (χ4v) is 11.3. The molecule has 0 aliphatic carbocycles. The highest BCUT2D eigenvalue weighted by Gasteiger charge is 2.24. The molecule has 77 heavy (non-hydrogen) atoms. The number of hydrogen-bond donors (Lipinski definition) is 6. The van der Waals surface area contributed by atoms with Gasteiger partial charge in [0.1, 0.15) is 28.0 Å². The van der Waals surface area contributed by atoms with Gasteiger partial charge in [-0.25, -0.2) is 32.4 Å². The molecular formula is C43H90BrClN4O18S10. The lowest BCUT2D eigenvalue weighted by molar-refractivity contribution is -0.0295. The van der Waals surface area contributed by atoms with Gasteiger partial charge < -0.3 is 60.3 Å². The number of rotatable bonds is 25. The van der Waals surface area contributed by atoms with Crippen molar-refractivity contribution < 1.29 is 83.6 Å². The molecule has 0 rings (SSSR count). The summed E-state index contributed by atoms with van der Waals surface area (Å²) in [5.74, 6) is 6.58. The summed E-state index contributed by atoms with van der Waals surface area (Å²) in [4.78, 5) is 55.6. The number of carbonyl (C=O) groups is 5. The van der Waals surface area contributed by atoms with Gasteiger partial charge in [0, 0.05) is 88.2 Å². The first-order chi connectivity index (χ1) is 34.9. The molecule has 0 aliphatic rings. The van der Waals surface area contributed by atoms with E-state index in [-0.39, 0.29) is 32.0 Å². The number of carbonyl (C=O) groups excluding carboxylic acids is 5. The number of alkyl halides is 1. The summed E-state index contributed by atoms with van der Waals surface area (Å²) in [6.07, 6.45) is -1.32. The van der Waals surface area contributed by atoms with Gasteiger partial charge in [0.25, 0.3) is 10.1 Å². The van der Waals surface area contributed by atoms with Crippen LogP contribution >= 0.6 is 113 Å². The molecule has 0 aromatic carbocycles. The molecular weight excluding hydrogens is 1300 g/mol. The molecule has 0 saturated heterocycles. The Labute approximate surface area is 505 Å². The fraction of sp³-hybridized carbons (Fsp3) is 0.884. The number of nitrogens with two attached hydrogens (primary N) is 1. The van der Waals surface area contributed by atoms with Crippen molar-refractivity contribution in [3.05, 3.63) is 0 Å². The van der Waals surface area contributed by atoms with E-state index < -0.39 is 65.6 Å². The van der Waals surface area contributed by atoms with Crippen LogP contribution in [0.2, 0.25) is 0 Å². The second-order valence-corrected chi connectivity index (χ2v) is 35.3.